The molecule has 0 saturated carbocycles. The highest BCUT2D eigenvalue weighted by molar-refractivity contribution is 9.10. The molecule has 164 valence electrons. The predicted molar refractivity (Wildman–Crippen MR) is 137 cm³/mol. The summed E-state index contributed by atoms with van der Waals surface area (Å²) in [5, 5.41) is 5.29. The first-order valence-corrected chi connectivity index (χ1v) is 11.3. The van der Waals surface area contributed by atoms with Gasteiger partial charge in [-0.3, -0.25) is 4.79 Å². The van der Waals surface area contributed by atoms with Gasteiger partial charge in [0.25, 0.3) is 5.91 Å². The van der Waals surface area contributed by atoms with Crippen LogP contribution in [-0.2, 0) is 0 Å². The normalized spacial score (nSPS) is 11.0. The second-order valence-electron chi connectivity index (χ2n) is 7.05. The minimum absolute atomic E-state index is 0.335. The number of para-hydroxylation sites is 1. The third-order valence-electron chi connectivity index (χ3n) is 4.78. The van der Waals surface area contributed by atoms with Crippen molar-refractivity contribution in [3.8, 4) is 17.0 Å². The van der Waals surface area contributed by atoms with E-state index in [2.05, 4.69) is 33.0 Å². The van der Waals surface area contributed by atoms with Gasteiger partial charge in [-0.25, -0.2) is 10.4 Å². The molecular formula is C26H19BrClN3O2. The van der Waals surface area contributed by atoms with E-state index >= 15 is 0 Å². The smallest absolute Gasteiger partial charge is 0.272 e. The third kappa shape index (κ3) is 5.30. The van der Waals surface area contributed by atoms with Crippen LogP contribution in [0.15, 0.2) is 95.0 Å². The van der Waals surface area contributed by atoms with Gasteiger partial charge in [0.05, 0.1) is 32.5 Å². The van der Waals surface area contributed by atoms with Gasteiger partial charge in [0.15, 0.2) is 5.75 Å². The molecule has 0 aliphatic heterocycles. The van der Waals surface area contributed by atoms with Crippen LogP contribution in [0.2, 0.25) is 5.02 Å². The Balaban J connectivity index is 1.59. The van der Waals surface area contributed by atoms with Crippen LogP contribution in [0.4, 0.5) is 0 Å². The van der Waals surface area contributed by atoms with Crippen LogP contribution in [0.25, 0.3) is 22.2 Å². The highest BCUT2D eigenvalue weighted by Gasteiger charge is 2.14. The highest BCUT2D eigenvalue weighted by atomic mass is 79.9. The fraction of sp³-hybridized carbons (Fsp3) is 0.0385. The van der Waals surface area contributed by atoms with E-state index in [9.17, 15) is 4.79 Å². The number of aromatic nitrogens is 1. The number of rotatable bonds is 7. The molecule has 4 aromatic rings. The number of amides is 1. The second kappa shape index (κ2) is 10.4. The Labute approximate surface area is 204 Å². The van der Waals surface area contributed by atoms with E-state index in [0.29, 0.717) is 38.7 Å². The maximum atomic E-state index is 13.0. The zero-order valence-corrected chi connectivity index (χ0v) is 19.8. The van der Waals surface area contributed by atoms with E-state index in [-0.39, 0.29) is 5.91 Å². The monoisotopic (exact) mass is 519 g/mol. The van der Waals surface area contributed by atoms with Crippen molar-refractivity contribution in [1.29, 1.82) is 0 Å². The van der Waals surface area contributed by atoms with Crippen molar-refractivity contribution in [2.24, 2.45) is 5.10 Å². The summed E-state index contributed by atoms with van der Waals surface area (Å²) in [5.41, 5.74) is 6.17. The van der Waals surface area contributed by atoms with Crippen molar-refractivity contribution >= 4 is 50.6 Å². The van der Waals surface area contributed by atoms with Crippen molar-refractivity contribution in [1.82, 2.24) is 10.4 Å². The molecule has 0 radical (unpaired) electrons. The number of nitrogens with one attached hydrogen (secondary N) is 1. The van der Waals surface area contributed by atoms with Gasteiger partial charge in [0, 0.05) is 10.9 Å². The molecule has 0 bridgehead atoms. The van der Waals surface area contributed by atoms with E-state index < -0.39 is 0 Å². The number of pyridine rings is 1. The zero-order valence-electron chi connectivity index (χ0n) is 17.5. The summed E-state index contributed by atoms with van der Waals surface area (Å²) < 4.78 is 6.22. The number of nitrogens with zero attached hydrogens (tertiary/aromatic N) is 2. The molecule has 0 spiro atoms. The Bertz CT molecular complexity index is 1330. The molecule has 0 saturated heterocycles. The van der Waals surface area contributed by atoms with Gasteiger partial charge in [-0.15, -0.1) is 0 Å². The number of benzene rings is 3. The number of ether oxygens (including phenoxy) is 1. The molecule has 5 nitrogen and oxygen atoms in total. The SMILES string of the molecule is C=CCOc1c(Cl)cc(/C=N/NC(=O)c2cc(-c3ccccc3)nc3ccccc23)cc1Br. The van der Waals surface area contributed by atoms with Crippen molar-refractivity contribution in [2.75, 3.05) is 6.61 Å². The van der Waals surface area contributed by atoms with Gasteiger partial charge < -0.3 is 4.74 Å². The molecule has 1 heterocycles. The first kappa shape index (κ1) is 22.7. The second-order valence-corrected chi connectivity index (χ2v) is 8.31. The first-order valence-electron chi connectivity index (χ1n) is 10.1. The van der Waals surface area contributed by atoms with Gasteiger partial charge in [0.2, 0.25) is 0 Å². The largest absolute Gasteiger partial charge is 0.487 e. The number of carbonyl (C=O) groups excluding carboxylic acids is 1. The Morgan fingerprint density at radius 1 is 1.12 bits per heavy atom. The molecule has 0 unspecified atom stereocenters. The van der Waals surface area contributed by atoms with Crippen molar-refractivity contribution in [3.63, 3.8) is 0 Å². The lowest BCUT2D eigenvalue weighted by Crippen LogP contribution is -2.18. The van der Waals surface area contributed by atoms with Gasteiger partial charge in [-0.05, 0) is 45.8 Å². The average molecular weight is 521 g/mol. The molecular weight excluding hydrogens is 502 g/mol. The van der Waals surface area contributed by atoms with Crippen LogP contribution in [0, 0.1) is 0 Å². The Kier molecular flexibility index (Phi) is 7.17. The van der Waals surface area contributed by atoms with Crippen molar-refractivity contribution in [3.05, 3.63) is 106 Å². The van der Waals surface area contributed by atoms with Gasteiger partial charge >= 0.3 is 0 Å². The molecule has 1 N–H and O–H groups in total. The third-order valence-corrected chi connectivity index (χ3v) is 5.65. The number of hydrogen-bond donors (Lipinski definition) is 1. The molecule has 0 atom stereocenters. The van der Waals surface area contributed by atoms with Crippen LogP contribution >= 0.6 is 27.5 Å². The lowest BCUT2D eigenvalue weighted by Gasteiger charge is -2.10. The molecule has 1 aromatic heterocycles. The van der Waals surface area contributed by atoms with Crippen molar-refractivity contribution in [2.45, 2.75) is 0 Å². The van der Waals surface area contributed by atoms with Crippen LogP contribution in [0.5, 0.6) is 5.75 Å². The Hall–Kier alpha value is -3.48. The Morgan fingerprint density at radius 2 is 1.88 bits per heavy atom. The van der Waals surface area contributed by atoms with E-state index in [4.69, 9.17) is 21.3 Å². The topological polar surface area (TPSA) is 63.6 Å². The maximum absolute atomic E-state index is 13.0. The van der Waals surface area contributed by atoms with Gasteiger partial charge in [0.1, 0.15) is 6.61 Å². The first-order chi connectivity index (χ1) is 16.1. The number of halogens is 2. The minimum atomic E-state index is -0.335. The Morgan fingerprint density at radius 3 is 2.64 bits per heavy atom. The summed E-state index contributed by atoms with van der Waals surface area (Å²) in [4.78, 5) is 17.7. The lowest BCUT2D eigenvalue weighted by atomic mass is 10.0. The fourth-order valence-electron chi connectivity index (χ4n) is 3.28. The number of carbonyl (C=O) groups is 1. The molecule has 0 aliphatic carbocycles. The summed E-state index contributed by atoms with van der Waals surface area (Å²) in [5.74, 6) is 0.188. The molecule has 7 heteroatoms. The fourth-order valence-corrected chi connectivity index (χ4v) is 4.27. The highest BCUT2D eigenvalue weighted by Crippen LogP contribution is 2.34. The average Bonchev–Trinajstić information content (AvgIpc) is 2.83. The summed E-state index contributed by atoms with van der Waals surface area (Å²) in [6.07, 6.45) is 3.16. The summed E-state index contributed by atoms with van der Waals surface area (Å²) in [7, 11) is 0. The van der Waals surface area contributed by atoms with E-state index in [0.717, 1.165) is 16.5 Å². The van der Waals surface area contributed by atoms with Gasteiger partial charge in [-0.2, -0.15) is 5.10 Å². The standard InChI is InChI=1S/C26H19BrClN3O2/c1-2-12-33-25-21(27)13-17(14-22(25)28)16-29-31-26(32)20-15-24(18-8-4-3-5-9-18)30-23-11-7-6-10-19(20)23/h2-11,13-16H,1,12H2,(H,31,32)/b29-16+. The molecule has 3 aromatic carbocycles. The predicted octanol–water partition coefficient (Wildman–Crippen LogP) is 6.65. The van der Waals surface area contributed by atoms with Crippen LogP contribution in [0.1, 0.15) is 15.9 Å². The molecule has 33 heavy (non-hydrogen) atoms. The summed E-state index contributed by atoms with van der Waals surface area (Å²) in [6.45, 7) is 3.97. The van der Waals surface area contributed by atoms with Crippen LogP contribution in [0.3, 0.4) is 0 Å². The maximum Gasteiger partial charge on any atom is 0.272 e. The van der Waals surface area contributed by atoms with Crippen LogP contribution in [-0.4, -0.2) is 23.7 Å². The van der Waals surface area contributed by atoms with Crippen molar-refractivity contribution < 1.29 is 9.53 Å². The molecule has 1 amide bonds. The lowest BCUT2D eigenvalue weighted by molar-refractivity contribution is 0.0956. The summed E-state index contributed by atoms with van der Waals surface area (Å²) in [6, 6.07) is 22.5. The van der Waals surface area contributed by atoms with Gasteiger partial charge in [-0.1, -0.05) is 72.8 Å². The minimum Gasteiger partial charge on any atom is -0.487 e. The molecule has 0 aliphatic rings. The quantitative estimate of drug-likeness (QED) is 0.169. The molecule has 0 fully saturated rings. The van der Waals surface area contributed by atoms with E-state index in [1.165, 1.54) is 6.21 Å². The number of hydrogen-bond acceptors (Lipinski definition) is 4. The summed E-state index contributed by atoms with van der Waals surface area (Å²) >= 11 is 9.75. The number of fused-ring (bicyclic) bond motifs is 1. The zero-order chi connectivity index (χ0) is 23.2. The van der Waals surface area contributed by atoms with E-state index in [1.54, 1.807) is 24.3 Å². The van der Waals surface area contributed by atoms with E-state index in [1.807, 2.05) is 54.6 Å². The number of hydrazone groups is 1. The van der Waals surface area contributed by atoms with Crippen LogP contribution < -0.4 is 10.2 Å². The molecule has 4 rings (SSSR count).